The Morgan fingerprint density at radius 3 is 1.84 bits per heavy atom. The van der Waals surface area contributed by atoms with E-state index in [1.54, 1.807) is 21.3 Å². The molecule has 1 heterocycles. The van der Waals surface area contributed by atoms with Crippen LogP contribution in [0.5, 0.6) is 17.2 Å². The van der Waals surface area contributed by atoms with Crippen molar-refractivity contribution in [3.05, 3.63) is 94.6 Å². The topological polar surface area (TPSA) is 30.9 Å². The lowest BCUT2D eigenvalue weighted by Gasteiger charge is -2.37. The summed E-state index contributed by atoms with van der Waals surface area (Å²) in [5.41, 5.74) is 6.70. The minimum Gasteiger partial charge on any atom is -0.493 e. The summed E-state index contributed by atoms with van der Waals surface area (Å²) in [4.78, 5) is 2.55. The zero-order valence-electron chi connectivity index (χ0n) is 21.9. The number of nitrogens with zero attached hydrogens (tertiary/aromatic N) is 1. The first kappa shape index (κ1) is 26.8. The van der Waals surface area contributed by atoms with E-state index in [4.69, 9.17) is 14.2 Å². The summed E-state index contributed by atoms with van der Waals surface area (Å²) in [6.07, 6.45) is 11.4. The van der Waals surface area contributed by atoms with Crippen LogP contribution in [0.3, 0.4) is 0 Å². The molecule has 0 radical (unpaired) electrons. The standard InChI is InChI=1S/C32H35NO3.ClH/c1-34-29-21-23(22-30(35-2)32(29)36-3)9-8-18-33-19-16-26(17-20-33)31-27-12-6-4-10-24(27)14-15-25-11-5-7-13-28(25)31;/h4-15,21-22,26,31H,16-20H2,1-3H3;1H/b9-8+;. The monoisotopic (exact) mass is 517 g/mol. The maximum atomic E-state index is 5.49. The number of hydrogen-bond donors (Lipinski definition) is 0. The van der Waals surface area contributed by atoms with Crippen LogP contribution < -0.4 is 14.2 Å². The van der Waals surface area contributed by atoms with Crippen LogP contribution in [0.1, 0.15) is 46.6 Å². The summed E-state index contributed by atoms with van der Waals surface area (Å²) in [6, 6.07) is 21.8. The predicted octanol–water partition coefficient (Wildman–Crippen LogP) is 7.18. The van der Waals surface area contributed by atoms with E-state index in [2.05, 4.69) is 77.7 Å². The summed E-state index contributed by atoms with van der Waals surface area (Å²) in [5.74, 6) is 3.06. The summed E-state index contributed by atoms with van der Waals surface area (Å²) in [6.45, 7) is 3.15. The van der Waals surface area contributed by atoms with Gasteiger partial charge in [-0.05, 0) is 71.8 Å². The fraction of sp³-hybridized carbons (Fsp3) is 0.312. The number of ether oxygens (including phenoxy) is 3. The van der Waals surface area contributed by atoms with Gasteiger partial charge in [0.15, 0.2) is 11.5 Å². The number of rotatable bonds is 7. The van der Waals surface area contributed by atoms with Gasteiger partial charge in [-0.15, -0.1) is 12.4 Å². The Bertz CT molecular complexity index is 1190. The van der Waals surface area contributed by atoms with E-state index in [9.17, 15) is 0 Å². The highest BCUT2D eigenvalue weighted by Gasteiger charge is 2.31. The van der Waals surface area contributed by atoms with Gasteiger partial charge in [0.2, 0.25) is 5.75 Å². The third-order valence-corrected chi connectivity index (χ3v) is 7.57. The molecule has 5 rings (SSSR count). The first-order valence-corrected chi connectivity index (χ1v) is 12.8. The quantitative estimate of drug-likeness (QED) is 0.332. The molecule has 3 aromatic carbocycles. The van der Waals surface area contributed by atoms with Crippen LogP contribution in [0.25, 0.3) is 18.2 Å². The SMILES string of the molecule is COc1cc(/C=C/CN2CCC(C3c4ccccc4C=Cc4ccccc43)CC2)cc(OC)c1OC.Cl. The smallest absolute Gasteiger partial charge is 0.203 e. The van der Waals surface area contributed by atoms with Gasteiger partial charge in [-0.25, -0.2) is 0 Å². The number of piperidine rings is 1. The van der Waals surface area contributed by atoms with Gasteiger partial charge < -0.3 is 14.2 Å². The maximum absolute atomic E-state index is 5.49. The van der Waals surface area contributed by atoms with E-state index in [0.29, 0.717) is 29.1 Å². The molecule has 3 aromatic rings. The lowest BCUT2D eigenvalue weighted by atomic mass is 9.74. The second-order valence-electron chi connectivity index (χ2n) is 9.57. The zero-order valence-corrected chi connectivity index (χ0v) is 22.7. The molecule has 194 valence electrons. The Balaban J connectivity index is 0.00000320. The van der Waals surface area contributed by atoms with Crippen molar-refractivity contribution in [2.45, 2.75) is 18.8 Å². The van der Waals surface area contributed by atoms with E-state index < -0.39 is 0 Å². The van der Waals surface area contributed by atoms with Gasteiger partial charge in [-0.2, -0.15) is 0 Å². The highest BCUT2D eigenvalue weighted by Crippen LogP contribution is 2.43. The lowest BCUT2D eigenvalue weighted by molar-refractivity contribution is 0.190. The van der Waals surface area contributed by atoms with E-state index >= 15 is 0 Å². The maximum Gasteiger partial charge on any atom is 0.203 e. The highest BCUT2D eigenvalue weighted by atomic mass is 35.5. The van der Waals surface area contributed by atoms with Crippen LogP contribution >= 0.6 is 12.4 Å². The van der Waals surface area contributed by atoms with Crippen molar-refractivity contribution in [3.63, 3.8) is 0 Å². The van der Waals surface area contributed by atoms with Crippen molar-refractivity contribution in [2.75, 3.05) is 41.0 Å². The van der Waals surface area contributed by atoms with Crippen molar-refractivity contribution < 1.29 is 14.2 Å². The third kappa shape index (κ3) is 5.71. The van der Waals surface area contributed by atoms with E-state index in [1.165, 1.54) is 35.1 Å². The summed E-state index contributed by atoms with van der Waals surface area (Å²) < 4.78 is 16.4. The second kappa shape index (κ2) is 12.4. The van der Waals surface area contributed by atoms with Gasteiger partial charge in [-0.3, -0.25) is 4.90 Å². The van der Waals surface area contributed by atoms with Crippen molar-refractivity contribution in [1.29, 1.82) is 0 Å². The lowest BCUT2D eigenvalue weighted by Crippen LogP contribution is -2.36. The van der Waals surface area contributed by atoms with Gasteiger partial charge in [0.25, 0.3) is 0 Å². The minimum atomic E-state index is 0. The number of likely N-dealkylation sites (tertiary alicyclic amines) is 1. The molecule has 1 aliphatic heterocycles. The molecule has 0 aromatic heterocycles. The second-order valence-corrected chi connectivity index (χ2v) is 9.57. The summed E-state index contributed by atoms with van der Waals surface area (Å²) >= 11 is 0. The number of fused-ring (bicyclic) bond motifs is 2. The average molecular weight is 518 g/mol. The molecule has 0 saturated carbocycles. The Labute approximate surface area is 227 Å². The molecule has 1 saturated heterocycles. The molecule has 0 unspecified atom stereocenters. The zero-order chi connectivity index (χ0) is 24.9. The van der Waals surface area contributed by atoms with Crippen LogP contribution in [-0.2, 0) is 0 Å². The van der Waals surface area contributed by atoms with Gasteiger partial charge in [0, 0.05) is 12.5 Å². The number of benzene rings is 3. The molecule has 4 nitrogen and oxygen atoms in total. The van der Waals surface area contributed by atoms with Gasteiger partial charge in [0.1, 0.15) is 0 Å². The molecule has 1 aliphatic carbocycles. The minimum absolute atomic E-state index is 0. The molecule has 0 atom stereocenters. The molecule has 0 amide bonds. The Kier molecular flexibility index (Phi) is 8.96. The van der Waals surface area contributed by atoms with Gasteiger partial charge in [-0.1, -0.05) is 72.8 Å². The molecule has 5 heteroatoms. The fourth-order valence-electron chi connectivity index (χ4n) is 5.75. The molecule has 1 fully saturated rings. The molecule has 0 spiro atoms. The van der Waals surface area contributed by atoms with Crippen LogP contribution in [0, 0.1) is 5.92 Å². The van der Waals surface area contributed by atoms with Gasteiger partial charge >= 0.3 is 0 Å². The normalized spacial score (nSPS) is 16.0. The van der Waals surface area contributed by atoms with Crippen LogP contribution in [-0.4, -0.2) is 45.9 Å². The molecule has 37 heavy (non-hydrogen) atoms. The van der Waals surface area contributed by atoms with Crippen LogP contribution in [0.2, 0.25) is 0 Å². The van der Waals surface area contributed by atoms with Crippen LogP contribution in [0.15, 0.2) is 66.7 Å². The predicted molar refractivity (Wildman–Crippen MR) is 155 cm³/mol. The van der Waals surface area contributed by atoms with Crippen LogP contribution in [0.4, 0.5) is 0 Å². The van der Waals surface area contributed by atoms with Crippen molar-refractivity contribution in [3.8, 4) is 17.2 Å². The molecule has 2 aliphatic rings. The largest absolute Gasteiger partial charge is 0.493 e. The molecule has 0 bridgehead atoms. The van der Waals surface area contributed by atoms with E-state index in [1.807, 2.05) is 12.1 Å². The van der Waals surface area contributed by atoms with Crippen molar-refractivity contribution in [2.24, 2.45) is 5.92 Å². The Morgan fingerprint density at radius 2 is 1.32 bits per heavy atom. The Hall–Kier alpha value is -3.21. The highest BCUT2D eigenvalue weighted by molar-refractivity contribution is 5.85. The molecular weight excluding hydrogens is 482 g/mol. The summed E-state index contributed by atoms with van der Waals surface area (Å²) in [7, 11) is 4.93. The van der Waals surface area contributed by atoms with E-state index in [-0.39, 0.29) is 12.4 Å². The number of methoxy groups -OCH3 is 3. The van der Waals surface area contributed by atoms with Crippen molar-refractivity contribution in [1.82, 2.24) is 4.90 Å². The number of halogens is 1. The molecule has 0 N–H and O–H groups in total. The molecular formula is C32H36ClNO3. The fourth-order valence-corrected chi connectivity index (χ4v) is 5.75. The summed E-state index contributed by atoms with van der Waals surface area (Å²) in [5, 5.41) is 0. The van der Waals surface area contributed by atoms with Crippen molar-refractivity contribution >= 4 is 30.6 Å². The first-order chi connectivity index (χ1) is 17.7. The van der Waals surface area contributed by atoms with Gasteiger partial charge in [0.05, 0.1) is 21.3 Å². The number of hydrogen-bond acceptors (Lipinski definition) is 4. The van der Waals surface area contributed by atoms with E-state index in [0.717, 1.165) is 25.2 Å². The third-order valence-electron chi connectivity index (χ3n) is 7.57. The first-order valence-electron chi connectivity index (χ1n) is 12.8. The Morgan fingerprint density at radius 1 is 0.784 bits per heavy atom. The average Bonchev–Trinajstić information content (AvgIpc) is 3.10.